The minimum absolute atomic E-state index is 0.588. The number of hydrogen-bond acceptors (Lipinski definition) is 3. The highest BCUT2D eigenvalue weighted by molar-refractivity contribution is 4.74. The van der Waals surface area contributed by atoms with Gasteiger partial charge in [0.15, 0.2) is 0 Å². The van der Waals surface area contributed by atoms with Crippen LogP contribution in [-0.2, 0) is 0 Å². The highest BCUT2D eigenvalue weighted by Crippen LogP contribution is 2.21. The molecule has 1 fully saturated rings. The molecule has 0 aliphatic heterocycles. The number of hydrogen-bond donors (Lipinski definition) is 2. The molecule has 0 aromatic carbocycles. The van der Waals surface area contributed by atoms with Crippen LogP contribution in [0.1, 0.15) is 52.4 Å². The highest BCUT2D eigenvalue weighted by atomic mass is 16.3. The Labute approximate surface area is 107 Å². The van der Waals surface area contributed by atoms with Gasteiger partial charge >= 0.3 is 0 Å². The Morgan fingerprint density at radius 2 is 1.88 bits per heavy atom. The zero-order valence-corrected chi connectivity index (χ0v) is 11.8. The van der Waals surface area contributed by atoms with Crippen LogP contribution in [0.25, 0.3) is 0 Å². The second-order valence-corrected chi connectivity index (χ2v) is 6.12. The van der Waals surface area contributed by atoms with Crippen molar-refractivity contribution in [1.82, 2.24) is 10.2 Å². The molecule has 0 bridgehead atoms. The maximum atomic E-state index is 9.56. The standard InChI is InChI=1S/C14H30N2O/c1-14(2,17)12-15-10-7-11-16(3)13-8-5-4-6-9-13/h13,15,17H,4-12H2,1-3H3. The zero-order valence-electron chi connectivity index (χ0n) is 11.8. The molecule has 0 heterocycles. The Bertz CT molecular complexity index is 195. The highest BCUT2D eigenvalue weighted by Gasteiger charge is 2.17. The molecule has 3 heteroatoms. The summed E-state index contributed by atoms with van der Waals surface area (Å²) in [6.45, 7) is 6.53. The number of nitrogens with one attached hydrogen (secondary N) is 1. The third kappa shape index (κ3) is 7.02. The molecule has 0 radical (unpaired) electrons. The van der Waals surface area contributed by atoms with Gasteiger partial charge in [0.25, 0.3) is 0 Å². The Kier molecular flexibility index (Phi) is 6.45. The van der Waals surface area contributed by atoms with E-state index in [4.69, 9.17) is 0 Å². The van der Waals surface area contributed by atoms with Crippen molar-refractivity contribution < 1.29 is 5.11 Å². The van der Waals surface area contributed by atoms with Crippen molar-refractivity contribution in [2.24, 2.45) is 0 Å². The molecular weight excluding hydrogens is 212 g/mol. The lowest BCUT2D eigenvalue weighted by molar-refractivity contribution is 0.0795. The van der Waals surface area contributed by atoms with E-state index in [1.165, 1.54) is 45.1 Å². The average Bonchev–Trinajstić information content (AvgIpc) is 2.28. The summed E-state index contributed by atoms with van der Waals surface area (Å²) in [6, 6.07) is 0.818. The molecule has 3 nitrogen and oxygen atoms in total. The second kappa shape index (κ2) is 7.34. The molecule has 0 spiro atoms. The molecule has 0 aromatic heterocycles. The fraction of sp³-hybridized carbons (Fsp3) is 1.00. The maximum Gasteiger partial charge on any atom is 0.0715 e. The second-order valence-electron chi connectivity index (χ2n) is 6.12. The van der Waals surface area contributed by atoms with E-state index in [1.54, 1.807) is 0 Å². The van der Waals surface area contributed by atoms with Crippen LogP contribution in [-0.4, -0.2) is 48.3 Å². The fourth-order valence-corrected chi connectivity index (χ4v) is 2.55. The molecule has 1 aliphatic rings. The van der Waals surface area contributed by atoms with Crippen LogP contribution in [0.15, 0.2) is 0 Å². The van der Waals surface area contributed by atoms with Crippen molar-refractivity contribution >= 4 is 0 Å². The van der Waals surface area contributed by atoms with Gasteiger partial charge in [0.05, 0.1) is 5.60 Å². The van der Waals surface area contributed by atoms with E-state index in [9.17, 15) is 5.11 Å². The summed E-state index contributed by atoms with van der Waals surface area (Å²) in [5.74, 6) is 0. The summed E-state index contributed by atoms with van der Waals surface area (Å²) in [7, 11) is 2.26. The van der Waals surface area contributed by atoms with Crippen molar-refractivity contribution in [3.8, 4) is 0 Å². The van der Waals surface area contributed by atoms with Crippen molar-refractivity contribution in [3.63, 3.8) is 0 Å². The molecule has 0 atom stereocenters. The van der Waals surface area contributed by atoms with Crippen LogP contribution in [0.4, 0.5) is 0 Å². The minimum atomic E-state index is -0.588. The summed E-state index contributed by atoms with van der Waals surface area (Å²) in [5, 5.41) is 12.9. The first-order chi connectivity index (χ1) is 7.99. The van der Waals surface area contributed by atoms with E-state index in [0.29, 0.717) is 6.54 Å². The predicted molar refractivity (Wildman–Crippen MR) is 73.3 cm³/mol. The van der Waals surface area contributed by atoms with E-state index >= 15 is 0 Å². The lowest BCUT2D eigenvalue weighted by Gasteiger charge is -2.31. The van der Waals surface area contributed by atoms with Crippen molar-refractivity contribution in [3.05, 3.63) is 0 Å². The van der Waals surface area contributed by atoms with Gasteiger partial charge in [-0.1, -0.05) is 19.3 Å². The van der Waals surface area contributed by atoms with E-state index in [2.05, 4.69) is 17.3 Å². The van der Waals surface area contributed by atoms with Crippen LogP contribution >= 0.6 is 0 Å². The largest absolute Gasteiger partial charge is 0.389 e. The van der Waals surface area contributed by atoms with Gasteiger partial charge in [0.2, 0.25) is 0 Å². The third-order valence-corrected chi connectivity index (χ3v) is 3.62. The Morgan fingerprint density at radius 3 is 2.47 bits per heavy atom. The number of aliphatic hydroxyl groups is 1. The van der Waals surface area contributed by atoms with Crippen LogP contribution in [0.2, 0.25) is 0 Å². The molecule has 2 N–H and O–H groups in total. The quantitative estimate of drug-likeness (QED) is 0.670. The lowest BCUT2D eigenvalue weighted by atomic mass is 9.94. The first kappa shape index (κ1) is 14.9. The van der Waals surface area contributed by atoms with Gasteiger partial charge in [-0.3, -0.25) is 0 Å². The van der Waals surface area contributed by atoms with Gasteiger partial charge < -0.3 is 15.3 Å². The Balaban J connectivity index is 2.01. The molecule has 0 amide bonds. The molecule has 17 heavy (non-hydrogen) atoms. The van der Waals surface area contributed by atoms with Crippen molar-refractivity contribution in [2.45, 2.75) is 64.0 Å². The predicted octanol–water partition coefficient (Wildman–Crippen LogP) is 2.00. The van der Waals surface area contributed by atoms with E-state index in [1.807, 2.05) is 13.8 Å². The smallest absolute Gasteiger partial charge is 0.0715 e. The van der Waals surface area contributed by atoms with Crippen LogP contribution in [0, 0.1) is 0 Å². The summed E-state index contributed by atoms with van der Waals surface area (Å²) in [5.41, 5.74) is -0.588. The molecule has 1 rings (SSSR count). The third-order valence-electron chi connectivity index (χ3n) is 3.62. The zero-order chi connectivity index (χ0) is 12.7. The molecular formula is C14H30N2O. The van der Waals surface area contributed by atoms with Crippen LogP contribution in [0.3, 0.4) is 0 Å². The first-order valence-corrected chi connectivity index (χ1v) is 7.12. The summed E-state index contributed by atoms with van der Waals surface area (Å²) >= 11 is 0. The van der Waals surface area contributed by atoms with E-state index in [0.717, 1.165) is 12.6 Å². The molecule has 1 saturated carbocycles. The normalized spacial score (nSPS) is 18.9. The van der Waals surface area contributed by atoms with Gasteiger partial charge in [-0.15, -0.1) is 0 Å². The van der Waals surface area contributed by atoms with E-state index < -0.39 is 5.60 Å². The molecule has 0 unspecified atom stereocenters. The SMILES string of the molecule is CN(CCCNCC(C)(C)O)C1CCCCC1. The number of rotatable bonds is 7. The summed E-state index contributed by atoms with van der Waals surface area (Å²) < 4.78 is 0. The van der Waals surface area contributed by atoms with Gasteiger partial charge in [-0.2, -0.15) is 0 Å². The first-order valence-electron chi connectivity index (χ1n) is 7.12. The topological polar surface area (TPSA) is 35.5 Å². The molecule has 102 valence electrons. The fourth-order valence-electron chi connectivity index (χ4n) is 2.55. The minimum Gasteiger partial charge on any atom is -0.389 e. The molecule has 0 saturated heterocycles. The summed E-state index contributed by atoms with van der Waals surface area (Å²) in [6.07, 6.45) is 8.18. The lowest BCUT2D eigenvalue weighted by Crippen LogP contribution is -2.38. The van der Waals surface area contributed by atoms with Gasteiger partial charge in [0.1, 0.15) is 0 Å². The van der Waals surface area contributed by atoms with Gasteiger partial charge in [-0.25, -0.2) is 0 Å². The Morgan fingerprint density at radius 1 is 1.24 bits per heavy atom. The van der Waals surface area contributed by atoms with Crippen molar-refractivity contribution in [1.29, 1.82) is 0 Å². The van der Waals surface area contributed by atoms with Crippen molar-refractivity contribution in [2.75, 3.05) is 26.7 Å². The van der Waals surface area contributed by atoms with Gasteiger partial charge in [-0.05, 0) is 53.2 Å². The van der Waals surface area contributed by atoms with E-state index in [-0.39, 0.29) is 0 Å². The van der Waals surface area contributed by atoms with Gasteiger partial charge in [0, 0.05) is 12.6 Å². The summed E-state index contributed by atoms with van der Waals surface area (Å²) in [4.78, 5) is 2.52. The Hall–Kier alpha value is -0.120. The monoisotopic (exact) mass is 242 g/mol. The number of nitrogens with zero attached hydrogens (tertiary/aromatic N) is 1. The molecule has 0 aromatic rings. The average molecular weight is 242 g/mol. The van der Waals surface area contributed by atoms with Crippen LogP contribution in [0.5, 0.6) is 0 Å². The maximum absolute atomic E-state index is 9.56. The molecule has 1 aliphatic carbocycles. The van der Waals surface area contributed by atoms with Crippen LogP contribution < -0.4 is 5.32 Å².